The lowest BCUT2D eigenvalue weighted by atomic mass is 10.1. The number of fused-ring (bicyclic) bond motifs is 2. The second-order valence-electron chi connectivity index (χ2n) is 6.66. The van der Waals surface area contributed by atoms with E-state index in [1.54, 1.807) is 17.8 Å². The highest BCUT2D eigenvalue weighted by atomic mass is 35.5. The van der Waals surface area contributed by atoms with Gasteiger partial charge in [-0.2, -0.15) is 14.6 Å². The van der Waals surface area contributed by atoms with Gasteiger partial charge < -0.3 is 15.4 Å². The zero-order valence-corrected chi connectivity index (χ0v) is 18.5. The second-order valence-corrected chi connectivity index (χ2v) is 7.84. The summed E-state index contributed by atoms with van der Waals surface area (Å²) in [4.78, 5) is 13.9. The molecule has 0 saturated heterocycles. The van der Waals surface area contributed by atoms with Gasteiger partial charge in [0.25, 0.3) is 0 Å². The summed E-state index contributed by atoms with van der Waals surface area (Å²) < 4.78 is 6.87. The Morgan fingerprint density at radius 2 is 2.10 bits per heavy atom. The molecule has 0 aliphatic heterocycles. The summed E-state index contributed by atoms with van der Waals surface area (Å²) >= 11 is 7.86. The van der Waals surface area contributed by atoms with Crippen LogP contribution in [-0.4, -0.2) is 51.1 Å². The average Bonchev–Trinajstić information content (AvgIpc) is 3.23. The molecule has 1 aromatic carbocycles. The number of nitrogens with one attached hydrogen (secondary N) is 2. The van der Waals surface area contributed by atoms with Crippen molar-refractivity contribution < 1.29 is 4.74 Å². The predicted octanol–water partition coefficient (Wildman–Crippen LogP) is 4.28. The molecule has 0 amide bonds. The van der Waals surface area contributed by atoms with E-state index in [2.05, 4.69) is 38.7 Å². The predicted molar refractivity (Wildman–Crippen MR) is 122 cm³/mol. The van der Waals surface area contributed by atoms with Crippen molar-refractivity contribution >= 4 is 51.7 Å². The number of aromatic nitrogens is 5. The van der Waals surface area contributed by atoms with Crippen LogP contribution in [0.15, 0.2) is 41.7 Å². The fourth-order valence-electron chi connectivity index (χ4n) is 3.18. The van der Waals surface area contributed by atoms with Crippen LogP contribution >= 0.6 is 23.4 Å². The number of pyridine rings is 1. The molecule has 3 heterocycles. The highest BCUT2D eigenvalue weighted by molar-refractivity contribution is 7.98. The van der Waals surface area contributed by atoms with Crippen LogP contribution in [0.1, 0.15) is 18.5 Å². The molecule has 2 N–H and O–H groups in total. The minimum atomic E-state index is -0.108. The van der Waals surface area contributed by atoms with Gasteiger partial charge in [-0.3, -0.25) is 0 Å². The van der Waals surface area contributed by atoms with Crippen LogP contribution in [0.4, 0.5) is 11.8 Å². The molecule has 4 aromatic rings. The third-order valence-electron chi connectivity index (χ3n) is 4.65. The molecule has 10 heteroatoms. The van der Waals surface area contributed by atoms with Crippen molar-refractivity contribution in [1.82, 2.24) is 24.6 Å². The number of hydrogen-bond acceptors (Lipinski definition) is 8. The van der Waals surface area contributed by atoms with E-state index in [9.17, 15) is 0 Å². The Labute approximate surface area is 183 Å². The van der Waals surface area contributed by atoms with E-state index in [0.29, 0.717) is 29.3 Å². The molecule has 0 spiro atoms. The van der Waals surface area contributed by atoms with Gasteiger partial charge >= 0.3 is 0 Å². The molecule has 4 rings (SSSR count). The first-order chi connectivity index (χ1) is 14.6. The maximum Gasteiger partial charge on any atom is 0.228 e. The van der Waals surface area contributed by atoms with Crippen molar-refractivity contribution in [2.24, 2.45) is 0 Å². The Bertz CT molecular complexity index is 1180. The Morgan fingerprint density at radius 3 is 2.90 bits per heavy atom. The maximum absolute atomic E-state index is 6.38. The molecule has 156 valence electrons. The Balaban J connectivity index is 1.74. The van der Waals surface area contributed by atoms with Crippen LogP contribution < -0.4 is 10.6 Å². The smallest absolute Gasteiger partial charge is 0.228 e. The lowest BCUT2D eigenvalue weighted by Crippen LogP contribution is -2.17. The third-order valence-corrected chi connectivity index (χ3v) is 5.51. The molecule has 3 aromatic heterocycles. The van der Waals surface area contributed by atoms with E-state index in [4.69, 9.17) is 21.3 Å². The molecule has 30 heavy (non-hydrogen) atoms. The van der Waals surface area contributed by atoms with E-state index in [-0.39, 0.29) is 6.04 Å². The van der Waals surface area contributed by atoms with Crippen molar-refractivity contribution in [2.45, 2.75) is 18.1 Å². The van der Waals surface area contributed by atoms with Gasteiger partial charge in [0.15, 0.2) is 10.8 Å². The number of nitrogens with zero attached hydrogens (tertiary/aromatic N) is 5. The molecule has 0 bridgehead atoms. The number of rotatable bonds is 8. The number of para-hydroxylation sites is 1. The molecule has 1 atom stereocenters. The van der Waals surface area contributed by atoms with Crippen molar-refractivity contribution in [1.29, 1.82) is 0 Å². The molecule has 0 aliphatic carbocycles. The van der Waals surface area contributed by atoms with Gasteiger partial charge in [-0.15, -0.1) is 0 Å². The van der Waals surface area contributed by atoms with Crippen LogP contribution in [0.2, 0.25) is 5.02 Å². The number of methoxy groups -OCH3 is 1. The van der Waals surface area contributed by atoms with E-state index in [1.807, 2.05) is 30.5 Å². The van der Waals surface area contributed by atoms with Gasteiger partial charge in [0.2, 0.25) is 5.95 Å². The van der Waals surface area contributed by atoms with Crippen LogP contribution in [-0.2, 0) is 4.74 Å². The van der Waals surface area contributed by atoms with Crippen LogP contribution in [0.25, 0.3) is 16.6 Å². The first-order valence-electron chi connectivity index (χ1n) is 9.45. The minimum absolute atomic E-state index is 0.108. The quantitative estimate of drug-likeness (QED) is 0.308. The Kier molecular flexibility index (Phi) is 6.21. The molecule has 1 unspecified atom stereocenters. The summed E-state index contributed by atoms with van der Waals surface area (Å²) in [5.74, 6) is 1.37. The van der Waals surface area contributed by atoms with Crippen LogP contribution in [0.5, 0.6) is 0 Å². The van der Waals surface area contributed by atoms with Gasteiger partial charge in [-0.25, -0.2) is 9.97 Å². The van der Waals surface area contributed by atoms with Gasteiger partial charge in [0.05, 0.1) is 29.4 Å². The Morgan fingerprint density at radius 1 is 1.23 bits per heavy atom. The third kappa shape index (κ3) is 4.14. The summed E-state index contributed by atoms with van der Waals surface area (Å²) in [6, 6.07) is 9.62. The fourth-order valence-corrected chi connectivity index (χ4v) is 3.77. The van der Waals surface area contributed by atoms with E-state index in [0.717, 1.165) is 27.9 Å². The number of anilines is 2. The van der Waals surface area contributed by atoms with Crippen molar-refractivity contribution in [3.63, 3.8) is 0 Å². The SMILES string of the molecule is COCCNc1nc2c(Cl)cccc2cc1C(C)Nc1nc(SC)nc2ccnn12. The number of benzene rings is 1. The van der Waals surface area contributed by atoms with Crippen molar-refractivity contribution in [3.05, 3.63) is 47.1 Å². The molecule has 0 radical (unpaired) electrons. The largest absolute Gasteiger partial charge is 0.383 e. The lowest BCUT2D eigenvalue weighted by Gasteiger charge is -2.20. The molecule has 8 nitrogen and oxygen atoms in total. The van der Waals surface area contributed by atoms with Gasteiger partial charge in [0, 0.05) is 30.7 Å². The molecule has 0 fully saturated rings. The topological polar surface area (TPSA) is 89.3 Å². The van der Waals surface area contributed by atoms with Gasteiger partial charge in [-0.1, -0.05) is 35.5 Å². The van der Waals surface area contributed by atoms with Crippen molar-refractivity contribution in [2.75, 3.05) is 37.2 Å². The molecule has 0 aliphatic rings. The highest BCUT2D eigenvalue weighted by Gasteiger charge is 2.17. The number of halogens is 1. The summed E-state index contributed by atoms with van der Waals surface area (Å²) in [6.07, 6.45) is 3.66. The highest BCUT2D eigenvalue weighted by Crippen LogP contribution is 2.31. The minimum Gasteiger partial charge on any atom is -0.383 e. The zero-order chi connectivity index (χ0) is 21.1. The number of ether oxygens (including phenoxy) is 1. The Hall–Kier alpha value is -2.62. The normalized spacial score (nSPS) is 12.4. The van der Waals surface area contributed by atoms with Gasteiger partial charge in [-0.05, 0) is 25.3 Å². The van der Waals surface area contributed by atoms with Crippen LogP contribution in [0, 0.1) is 0 Å². The van der Waals surface area contributed by atoms with E-state index < -0.39 is 0 Å². The standard InChI is InChI=1S/C20H22ClN7OS/c1-12(24-19-27-20(30-3)25-16-7-8-23-28(16)19)14-11-13-5-4-6-15(21)17(13)26-18(14)22-9-10-29-2/h4-8,11-12H,9-10H2,1-3H3,(H,22,26)(H,24,25,27). The maximum atomic E-state index is 6.38. The first-order valence-corrected chi connectivity index (χ1v) is 11.0. The van der Waals surface area contributed by atoms with Crippen LogP contribution in [0.3, 0.4) is 0 Å². The summed E-state index contributed by atoms with van der Waals surface area (Å²) in [7, 11) is 1.67. The zero-order valence-electron chi connectivity index (χ0n) is 16.9. The number of hydrogen-bond donors (Lipinski definition) is 2. The lowest BCUT2D eigenvalue weighted by molar-refractivity contribution is 0.210. The average molecular weight is 444 g/mol. The summed E-state index contributed by atoms with van der Waals surface area (Å²) in [5.41, 5.74) is 2.49. The fraction of sp³-hybridized carbons (Fsp3) is 0.300. The van der Waals surface area contributed by atoms with Crippen molar-refractivity contribution in [3.8, 4) is 0 Å². The monoisotopic (exact) mass is 443 g/mol. The first kappa shape index (κ1) is 20.6. The molecular weight excluding hydrogens is 422 g/mol. The van der Waals surface area contributed by atoms with Gasteiger partial charge in [0.1, 0.15) is 5.82 Å². The summed E-state index contributed by atoms with van der Waals surface area (Å²) in [5, 5.41) is 13.4. The number of thioether (sulfide) groups is 1. The molecular formula is C20H22ClN7OS. The van der Waals surface area contributed by atoms with E-state index >= 15 is 0 Å². The second kappa shape index (κ2) is 9.03. The summed E-state index contributed by atoms with van der Waals surface area (Å²) in [6.45, 7) is 3.26. The molecule has 0 saturated carbocycles. The van der Waals surface area contributed by atoms with E-state index in [1.165, 1.54) is 11.8 Å².